The van der Waals surface area contributed by atoms with Crippen molar-refractivity contribution in [1.29, 1.82) is 0 Å². The van der Waals surface area contributed by atoms with E-state index >= 15 is 0 Å². The monoisotopic (exact) mass is 505 g/mol. The first-order valence-corrected chi connectivity index (χ1v) is 12.3. The van der Waals surface area contributed by atoms with Gasteiger partial charge in [-0.15, -0.1) is 11.3 Å². The molecule has 0 atom stereocenters. The zero-order valence-corrected chi connectivity index (χ0v) is 20.5. The van der Waals surface area contributed by atoms with Crippen molar-refractivity contribution >= 4 is 40.9 Å². The number of aliphatic hydroxyl groups is 1. The number of benzene rings is 1. The van der Waals surface area contributed by atoms with Crippen LogP contribution in [0.2, 0.25) is 0 Å². The molecule has 0 saturated heterocycles. The van der Waals surface area contributed by atoms with Gasteiger partial charge in [-0.1, -0.05) is 0 Å². The topological polar surface area (TPSA) is 162 Å². The predicted octanol–water partition coefficient (Wildman–Crippen LogP) is 4.17. The molecule has 1 heterocycles. The molecule has 0 unspecified atom stereocenters. The van der Waals surface area contributed by atoms with E-state index in [4.69, 9.17) is 14.9 Å². The summed E-state index contributed by atoms with van der Waals surface area (Å²) in [7, 11) is 0. The molecule has 12 heteroatoms. The molecule has 2 aromatic rings. The van der Waals surface area contributed by atoms with Crippen molar-refractivity contribution in [3.63, 3.8) is 0 Å². The van der Waals surface area contributed by atoms with Gasteiger partial charge in [0, 0.05) is 36.0 Å². The molecular weight excluding hydrogens is 474 g/mol. The number of rotatable bonds is 8. The van der Waals surface area contributed by atoms with E-state index in [0.717, 1.165) is 41.1 Å². The Morgan fingerprint density at radius 1 is 1.17 bits per heavy atom. The number of hydrogen-bond donors (Lipinski definition) is 6. The van der Waals surface area contributed by atoms with E-state index in [9.17, 15) is 14.4 Å². The second kappa shape index (κ2) is 12.4. The summed E-state index contributed by atoms with van der Waals surface area (Å²) in [6, 6.07) is 4.63. The van der Waals surface area contributed by atoms with E-state index in [-0.39, 0.29) is 31.2 Å². The molecule has 0 spiro atoms. The molecule has 11 nitrogen and oxygen atoms in total. The number of nitrogens with zero attached hydrogens (tertiary/aromatic N) is 1. The lowest BCUT2D eigenvalue weighted by Crippen LogP contribution is -2.36. The van der Waals surface area contributed by atoms with Gasteiger partial charge >= 0.3 is 18.2 Å². The van der Waals surface area contributed by atoms with Gasteiger partial charge in [-0.05, 0) is 57.7 Å². The molecule has 1 aromatic heterocycles. The molecule has 190 valence electrons. The highest BCUT2D eigenvalue weighted by molar-refractivity contribution is 7.15. The van der Waals surface area contributed by atoms with E-state index in [1.54, 1.807) is 38.2 Å². The van der Waals surface area contributed by atoms with Crippen molar-refractivity contribution in [1.82, 2.24) is 15.6 Å². The Morgan fingerprint density at radius 2 is 1.91 bits per heavy atom. The SMILES string of the molecule is CC(C)OC(=O)Nc1ccc(-c2cnc([C@H]3CC[C@H](NC(=O)O)CC3)s2)c(NC(=O)NCCO)c1. The zero-order valence-electron chi connectivity index (χ0n) is 19.7. The molecule has 3 rings (SSSR count). The van der Waals surface area contributed by atoms with Crippen molar-refractivity contribution in [2.75, 3.05) is 23.8 Å². The molecule has 0 radical (unpaired) electrons. The fourth-order valence-electron chi connectivity index (χ4n) is 3.90. The van der Waals surface area contributed by atoms with Crippen molar-refractivity contribution < 1.29 is 29.3 Å². The maximum absolute atomic E-state index is 12.3. The second-order valence-corrected chi connectivity index (χ2v) is 9.57. The minimum atomic E-state index is -0.997. The first kappa shape index (κ1) is 26.2. The summed E-state index contributed by atoms with van der Waals surface area (Å²) in [4.78, 5) is 40.6. The number of carbonyl (C=O) groups excluding carboxylic acids is 2. The number of carbonyl (C=O) groups is 3. The molecule has 0 bridgehead atoms. The van der Waals surface area contributed by atoms with Crippen LogP contribution >= 0.6 is 11.3 Å². The summed E-state index contributed by atoms with van der Waals surface area (Å²) >= 11 is 1.52. The van der Waals surface area contributed by atoms with Crippen LogP contribution in [0, 0.1) is 0 Å². The van der Waals surface area contributed by atoms with E-state index in [1.807, 2.05) is 0 Å². The molecule has 4 amide bonds. The van der Waals surface area contributed by atoms with Crippen molar-refractivity contribution in [2.24, 2.45) is 0 Å². The highest BCUT2D eigenvalue weighted by Crippen LogP contribution is 2.40. The van der Waals surface area contributed by atoms with E-state index in [2.05, 4.69) is 26.3 Å². The van der Waals surface area contributed by atoms with Gasteiger partial charge in [-0.25, -0.2) is 19.4 Å². The Kier molecular flexibility index (Phi) is 9.26. The van der Waals surface area contributed by atoms with Crippen molar-refractivity contribution in [3.8, 4) is 10.4 Å². The fraction of sp³-hybridized carbons (Fsp3) is 0.478. The molecule has 6 N–H and O–H groups in total. The van der Waals surface area contributed by atoms with Crippen LogP contribution in [0.3, 0.4) is 0 Å². The summed E-state index contributed by atoms with van der Waals surface area (Å²) in [5.41, 5.74) is 1.65. The average molecular weight is 506 g/mol. The van der Waals surface area contributed by atoms with Gasteiger partial charge in [0.25, 0.3) is 0 Å². The van der Waals surface area contributed by atoms with Crippen LogP contribution in [0.4, 0.5) is 25.8 Å². The molecule has 1 saturated carbocycles. The van der Waals surface area contributed by atoms with E-state index < -0.39 is 18.2 Å². The van der Waals surface area contributed by atoms with Crippen LogP contribution < -0.4 is 21.3 Å². The molecule has 1 aliphatic carbocycles. The molecular formula is C23H31N5O6S. The maximum atomic E-state index is 12.3. The van der Waals surface area contributed by atoms with Crippen LogP contribution in [0.1, 0.15) is 50.5 Å². The predicted molar refractivity (Wildman–Crippen MR) is 133 cm³/mol. The number of anilines is 2. The Balaban J connectivity index is 1.78. The van der Waals surface area contributed by atoms with Gasteiger partial charge in [-0.3, -0.25) is 5.32 Å². The number of nitrogens with one attached hydrogen (secondary N) is 4. The number of aliphatic hydroxyl groups excluding tert-OH is 1. The fourth-order valence-corrected chi connectivity index (χ4v) is 5.02. The third-order valence-corrected chi connectivity index (χ3v) is 6.64. The van der Waals surface area contributed by atoms with Crippen LogP contribution in [0.15, 0.2) is 24.4 Å². The third-order valence-electron chi connectivity index (χ3n) is 5.45. The number of ether oxygens (including phenoxy) is 1. The first-order valence-electron chi connectivity index (χ1n) is 11.5. The van der Waals surface area contributed by atoms with Crippen LogP contribution in [0.25, 0.3) is 10.4 Å². The minimum absolute atomic E-state index is 0.0288. The second-order valence-electron chi connectivity index (χ2n) is 8.50. The lowest BCUT2D eigenvalue weighted by Gasteiger charge is -2.27. The summed E-state index contributed by atoms with van der Waals surface area (Å²) in [6.45, 7) is 3.41. The molecule has 1 aliphatic rings. The quantitative estimate of drug-likeness (QED) is 0.314. The molecule has 1 aromatic carbocycles. The van der Waals surface area contributed by atoms with Gasteiger partial charge in [0.15, 0.2) is 0 Å². The summed E-state index contributed by atoms with van der Waals surface area (Å²) in [6.07, 6.45) is 3.09. The third kappa shape index (κ3) is 7.82. The number of urea groups is 1. The lowest BCUT2D eigenvalue weighted by molar-refractivity contribution is 0.130. The Hall–Kier alpha value is -3.38. The number of aromatic nitrogens is 1. The number of amides is 4. The number of carboxylic acid groups (broad SMARTS) is 1. The van der Waals surface area contributed by atoms with Crippen LogP contribution in [0.5, 0.6) is 0 Å². The summed E-state index contributed by atoms with van der Waals surface area (Å²) < 4.78 is 5.12. The van der Waals surface area contributed by atoms with Gasteiger partial charge in [0.2, 0.25) is 0 Å². The van der Waals surface area contributed by atoms with Crippen LogP contribution in [-0.2, 0) is 4.74 Å². The van der Waals surface area contributed by atoms with Gasteiger partial charge in [0.1, 0.15) is 0 Å². The Labute approximate surface area is 207 Å². The molecule has 35 heavy (non-hydrogen) atoms. The number of thiazole rings is 1. The van der Waals surface area contributed by atoms with Crippen LogP contribution in [-0.4, -0.2) is 58.7 Å². The van der Waals surface area contributed by atoms with Crippen molar-refractivity contribution in [2.45, 2.75) is 57.6 Å². The smallest absolute Gasteiger partial charge is 0.411 e. The largest absolute Gasteiger partial charge is 0.465 e. The van der Waals surface area contributed by atoms with Gasteiger partial charge in [-0.2, -0.15) is 0 Å². The van der Waals surface area contributed by atoms with Gasteiger partial charge in [0.05, 0.1) is 28.3 Å². The standard InChI is InChI=1S/C23H31N5O6S/c1-13(2)34-23(33)27-16-7-8-17(18(11-16)28-21(30)24-9-10-29)19-12-25-20(35-19)14-3-5-15(6-4-14)26-22(31)32/h7-8,11-15,26,29H,3-6,9-10H2,1-2H3,(H,27,33)(H,31,32)(H2,24,28,30)/t14-,15-. The normalized spacial score (nSPS) is 17.5. The Morgan fingerprint density at radius 3 is 2.57 bits per heavy atom. The van der Waals surface area contributed by atoms with Gasteiger partial charge < -0.3 is 30.9 Å². The van der Waals surface area contributed by atoms with E-state index in [1.165, 1.54) is 11.3 Å². The Bertz CT molecular complexity index is 1040. The maximum Gasteiger partial charge on any atom is 0.411 e. The first-order chi connectivity index (χ1) is 16.7. The average Bonchev–Trinajstić information content (AvgIpc) is 3.27. The summed E-state index contributed by atoms with van der Waals surface area (Å²) in [5, 5.41) is 29.4. The number of hydrogen-bond acceptors (Lipinski definition) is 7. The van der Waals surface area contributed by atoms with Crippen molar-refractivity contribution in [3.05, 3.63) is 29.4 Å². The molecule has 1 fully saturated rings. The highest BCUT2D eigenvalue weighted by Gasteiger charge is 2.26. The molecule has 0 aliphatic heterocycles. The summed E-state index contributed by atoms with van der Waals surface area (Å²) in [5.74, 6) is 0.247. The minimum Gasteiger partial charge on any atom is -0.465 e. The highest BCUT2D eigenvalue weighted by atomic mass is 32.1. The van der Waals surface area contributed by atoms with E-state index in [0.29, 0.717) is 11.4 Å². The zero-order chi connectivity index (χ0) is 25.4. The lowest BCUT2D eigenvalue weighted by atomic mass is 9.86.